The SMILES string of the molecule is CC(=O)NC[C@H]1Oc2ccc(CC(=O)OC(C)(C)C)cc2N(S(=O)(=O)c2ccc(F)cc2)[C@@H]1C. The zero-order valence-electron chi connectivity index (χ0n) is 19.8. The molecule has 0 aromatic heterocycles. The van der Waals surface area contributed by atoms with Crippen LogP contribution in [0.1, 0.15) is 40.2 Å². The first-order chi connectivity index (χ1) is 15.8. The summed E-state index contributed by atoms with van der Waals surface area (Å²) in [5.74, 6) is -0.999. The fourth-order valence-electron chi connectivity index (χ4n) is 3.65. The Morgan fingerprint density at radius 1 is 1.15 bits per heavy atom. The number of hydrogen-bond donors (Lipinski definition) is 1. The van der Waals surface area contributed by atoms with Gasteiger partial charge in [-0.2, -0.15) is 0 Å². The number of carbonyl (C=O) groups excluding carboxylic acids is 2. The molecule has 1 heterocycles. The van der Waals surface area contributed by atoms with Crippen LogP contribution in [0, 0.1) is 5.82 Å². The van der Waals surface area contributed by atoms with Crippen molar-refractivity contribution in [3.63, 3.8) is 0 Å². The Morgan fingerprint density at radius 2 is 1.79 bits per heavy atom. The molecule has 1 aliphatic rings. The van der Waals surface area contributed by atoms with Crippen molar-refractivity contribution in [3.05, 3.63) is 53.8 Å². The van der Waals surface area contributed by atoms with Gasteiger partial charge in [0, 0.05) is 6.92 Å². The van der Waals surface area contributed by atoms with Gasteiger partial charge >= 0.3 is 5.97 Å². The number of carbonyl (C=O) groups is 2. The van der Waals surface area contributed by atoms with Crippen molar-refractivity contribution < 1.29 is 31.9 Å². The third-order valence-corrected chi connectivity index (χ3v) is 7.05. The largest absolute Gasteiger partial charge is 0.484 e. The molecule has 0 aliphatic carbocycles. The molecule has 8 nitrogen and oxygen atoms in total. The zero-order valence-corrected chi connectivity index (χ0v) is 20.6. The van der Waals surface area contributed by atoms with Crippen LogP contribution in [0.15, 0.2) is 47.4 Å². The van der Waals surface area contributed by atoms with Gasteiger partial charge in [0.2, 0.25) is 5.91 Å². The van der Waals surface area contributed by atoms with Crippen molar-refractivity contribution in [2.45, 2.75) is 63.7 Å². The second-order valence-corrected chi connectivity index (χ2v) is 11.0. The molecule has 3 rings (SSSR count). The summed E-state index contributed by atoms with van der Waals surface area (Å²) in [5.41, 5.74) is 0.137. The quantitative estimate of drug-likeness (QED) is 0.622. The molecule has 1 amide bonds. The standard InChI is InChI=1S/C24H29FN2O6S/c1-15-22(14-26-16(2)28)32-21-11-6-17(13-23(29)33-24(3,4)5)12-20(21)27(15)34(30,31)19-9-7-18(25)8-10-19/h6-12,15,22H,13-14H2,1-5H3,(H,26,28)/t15-,22-/m1/s1. The van der Waals surface area contributed by atoms with Crippen molar-refractivity contribution in [1.82, 2.24) is 5.32 Å². The lowest BCUT2D eigenvalue weighted by Gasteiger charge is -2.41. The van der Waals surface area contributed by atoms with Crippen LogP contribution in [0.4, 0.5) is 10.1 Å². The van der Waals surface area contributed by atoms with Gasteiger partial charge in [-0.25, -0.2) is 12.8 Å². The number of esters is 1. The van der Waals surface area contributed by atoms with E-state index in [-0.39, 0.29) is 35.2 Å². The van der Waals surface area contributed by atoms with Crippen LogP contribution in [-0.2, 0) is 30.8 Å². The number of fused-ring (bicyclic) bond motifs is 1. The van der Waals surface area contributed by atoms with Gasteiger partial charge in [-0.15, -0.1) is 0 Å². The van der Waals surface area contributed by atoms with Gasteiger partial charge in [-0.05, 0) is 69.7 Å². The van der Waals surface area contributed by atoms with Crippen LogP contribution in [-0.4, -0.2) is 44.6 Å². The molecule has 0 saturated heterocycles. The second-order valence-electron chi connectivity index (χ2n) is 9.15. The summed E-state index contributed by atoms with van der Waals surface area (Å²) in [6.45, 7) is 8.40. The molecule has 10 heteroatoms. The van der Waals surface area contributed by atoms with Crippen molar-refractivity contribution in [2.75, 3.05) is 10.8 Å². The molecule has 1 aliphatic heterocycles. The number of anilines is 1. The number of halogens is 1. The average molecular weight is 493 g/mol. The molecule has 34 heavy (non-hydrogen) atoms. The smallest absolute Gasteiger partial charge is 0.310 e. The Kier molecular flexibility index (Phi) is 7.21. The molecule has 2 aromatic rings. The van der Waals surface area contributed by atoms with Crippen molar-refractivity contribution in [3.8, 4) is 5.75 Å². The number of nitrogens with one attached hydrogen (secondary N) is 1. The van der Waals surface area contributed by atoms with E-state index in [0.717, 1.165) is 12.1 Å². The number of rotatable bonds is 6. The molecule has 0 saturated carbocycles. The van der Waals surface area contributed by atoms with Gasteiger partial charge in [0.25, 0.3) is 10.0 Å². The van der Waals surface area contributed by atoms with E-state index in [9.17, 15) is 22.4 Å². The minimum Gasteiger partial charge on any atom is -0.484 e. The fraction of sp³-hybridized carbons (Fsp3) is 0.417. The summed E-state index contributed by atoms with van der Waals surface area (Å²) in [6, 6.07) is 8.65. The zero-order chi connectivity index (χ0) is 25.3. The highest BCUT2D eigenvalue weighted by Gasteiger charge is 2.40. The molecule has 0 radical (unpaired) electrons. The Labute approximate surface area is 199 Å². The molecule has 0 spiro atoms. The van der Waals surface area contributed by atoms with Crippen LogP contribution in [0.2, 0.25) is 0 Å². The minimum absolute atomic E-state index is 0.0569. The molecular formula is C24H29FN2O6S. The van der Waals surface area contributed by atoms with Gasteiger partial charge in [-0.3, -0.25) is 13.9 Å². The van der Waals surface area contributed by atoms with Crippen LogP contribution in [0.3, 0.4) is 0 Å². The van der Waals surface area contributed by atoms with E-state index in [4.69, 9.17) is 9.47 Å². The first-order valence-electron chi connectivity index (χ1n) is 10.8. The summed E-state index contributed by atoms with van der Waals surface area (Å²) >= 11 is 0. The molecule has 0 fully saturated rings. The van der Waals surface area contributed by atoms with E-state index >= 15 is 0 Å². The number of sulfonamides is 1. The summed E-state index contributed by atoms with van der Waals surface area (Å²) in [6.07, 6.45) is -0.734. The maximum atomic E-state index is 13.6. The van der Waals surface area contributed by atoms with Crippen molar-refractivity contribution >= 4 is 27.6 Å². The topological polar surface area (TPSA) is 102 Å². The highest BCUT2D eigenvalue weighted by Crippen LogP contribution is 2.40. The Hall–Kier alpha value is -3.14. The second kappa shape index (κ2) is 9.61. The first kappa shape index (κ1) is 25.5. The van der Waals surface area contributed by atoms with Crippen LogP contribution in [0.25, 0.3) is 0 Å². The lowest BCUT2D eigenvalue weighted by molar-refractivity contribution is -0.153. The molecule has 0 unspecified atom stereocenters. The first-order valence-corrected chi connectivity index (χ1v) is 12.3. The number of hydrogen-bond acceptors (Lipinski definition) is 6. The summed E-state index contributed by atoms with van der Waals surface area (Å²) in [4.78, 5) is 23.7. The van der Waals surface area contributed by atoms with Gasteiger partial charge < -0.3 is 14.8 Å². The number of nitrogens with zero attached hydrogens (tertiary/aromatic N) is 1. The molecule has 1 N–H and O–H groups in total. The maximum Gasteiger partial charge on any atom is 0.310 e. The molecule has 0 bridgehead atoms. The highest BCUT2D eigenvalue weighted by atomic mass is 32.2. The lowest BCUT2D eigenvalue weighted by Crippen LogP contribution is -2.54. The number of amides is 1. The summed E-state index contributed by atoms with van der Waals surface area (Å²) < 4.78 is 53.3. The van der Waals surface area contributed by atoms with Gasteiger partial charge in [0.15, 0.2) is 0 Å². The van der Waals surface area contributed by atoms with E-state index in [1.54, 1.807) is 45.9 Å². The molecule has 184 valence electrons. The fourth-order valence-corrected chi connectivity index (χ4v) is 5.33. The summed E-state index contributed by atoms with van der Waals surface area (Å²) in [5, 5.41) is 2.66. The van der Waals surface area contributed by atoms with E-state index in [1.165, 1.54) is 23.4 Å². The summed E-state index contributed by atoms with van der Waals surface area (Å²) in [7, 11) is -4.13. The normalized spacial score (nSPS) is 18.0. The van der Waals surface area contributed by atoms with E-state index in [2.05, 4.69) is 5.32 Å². The van der Waals surface area contributed by atoms with E-state index < -0.39 is 39.6 Å². The number of ether oxygens (including phenoxy) is 2. The average Bonchev–Trinajstić information content (AvgIpc) is 2.71. The number of benzene rings is 2. The predicted molar refractivity (Wildman–Crippen MR) is 125 cm³/mol. The lowest BCUT2D eigenvalue weighted by atomic mass is 10.1. The Balaban J connectivity index is 2.04. The molecule has 2 atom stereocenters. The van der Waals surface area contributed by atoms with Crippen LogP contribution in [0.5, 0.6) is 5.75 Å². The maximum absolute atomic E-state index is 13.6. The van der Waals surface area contributed by atoms with Crippen LogP contribution >= 0.6 is 0 Å². The third kappa shape index (κ3) is 5.85. The highest BCUT2D eigenvalue weighted by molar-refractivity contribution is 7.92. The Bertz CT molecular complexity index is 1170. The van der Waals surface area contributed by atoms with Crippen molar-refractivity contribution in [2.24, 2.45) is 0 Å². The third-order valence-electron chi connectivity index (χ3n) is 5.14. The van der Waals surface area contributed by atoms with E-state index in [0.29, 0.717) is 5.56 Å². The van der Waals surface area contributed by atoms with Gasteiger partial charge in [0.1, 0.15) is 23.3 Å². The predicted octanol–water partition coefficient (Wildman–Crippen LogP) is 3.19. The van der Waals surface area contributed by atoms with Gasteiger partial charge in [0.05, 0.1) is 29.6 Å². The molecule has 2 aromatic carbocycles. The minimum atomic E-state index is -4.13. The van der Waals surface area contributed by atoms with Gasteiger partial charge in [-0.1, -0.05) is 6.07 Å². The monoisotopic (exact) mass is 492 g/mol. The Morgan fingerprint density at radius 3 is 2.38 bits per heavy atom. The van der Waals surface area contributed by atoms with E-state index in [1.807, 2.05) is 0 Å². The molecular weight excluding hydrogens is 463 g/mol. The van der Waals surface area contributed by atoms with Crippen molar-refractivity contribution in [1.29, 1.82) is 0 Å². The van der Waals surface area contributed by atoms with Crippen LogP contribution < -0.4 is 14.4 Å².